The molecule has 5 rings (SSSR count). The number of pyridine rings is 1. The standard InChI is InChI=1S/C32H38F3N3O5S/c1-42-23-2-3-26-24(18-23)29(21(19-36-26)20-38-10-13-43-14-11-38)27(39)4-5-32(31(40)41)6-8-37(9-7-32)12-15-44-28-17-22(33)16-25(34)30(28)35/h2-3,16-19,27,39H,4-15,20H2,1H3,(H,40,41)/t27-/m1/s1. The van der Waals surface area contributed by atoms with Gasteiger partial charge in [-0.3, -0.25) is 14.7 Å². The topological polar surface area (TPSA) is 95.4 Å². The summed E-state index contributed by atoms with van der Waals surface area (Å²) in [5.41, 5.74) is 1.38. The summed E-state index contributed by atoms with van der Waals surface area (Å²) in [6, 6.07) is 7.05. The lowest BCUT2D eigenvalue weighted by Crippen LogP contribution is -2.45. The molecule has 2 aliphatic heterocycles. The Labute approximate surface area is 259 Å². The number of morpholine rings is 1. The summed E-state index contributed by atoms with van der Waals surface area (Å²) in [4.78, 5) is 21.5. The van der Waals surface area contributed by atoms with Crippen molar-refractivity contribution in [1.82, 2.24) is 14.8 Å². The highest BCUT2D eigenvalue weighted by molar-refractivity contribution is 7.99. The molecule has 2 aromatic carbocycles. The molecule has 0 saturated carbocycles. The molecule has 0 unspecified atom stereocenters. The third kappa shape index (κ3) is 7.48. The Morgan fingerprint density at radius 2 is 1.86 bits per heavy atom. The van der Waals surface area contributed by atoms with Gasteiger partial charge >= 0.3 is 5.97 Å². The van der Waals surface area contributed by atoms with Crippen molar-refractivity contribution in [2.75, 3.05) is 58.8 Å². The van der Waals surface area contributed by atoms with Crippen molar-refractivity contribution in [1.29, 1.82) is 0 Å². The molecule has 1 aromatic heterocycles. The molecule has 2 aliphatic rings. The Hall–Kier alpha value is -2.90. The lowest BCUT2D eigenvalue weighted by Gasteiger charge is -2.39. The SMILES string of the molecule is COc1ccc2ncc(CN3CCOCC3)c([C@H](O)CCC3(C(=O)O)CCN(CCSc4cc(F)cc(F)c4F)CC3)c2c1. The summed E-state index contributed by atoms with van der Waals surface area (Å²) in [6.07, 6.45) is 2.25. The van der Waals surface area contributed by atoms with Gasteiger partial charge in [0.15, 0.2) is 11.6 Å². The van der Waals surface area contributed by atoms with E-state index < -0.39 is 34.9 Å². The quantitative estimate of drug-likeness (QED) is 0.205. The van der Waals surface area contributed by atoms with E-state index in [-0.39, 0.29) is 11.3 Å². The molecule has 0 aliphatic carbocycles. The lowest BCUT2D eigenvalue weighted by atomic mass is 9.74. The average Bonchev–Trinajstić information content (AvgIpc) is 3.02. The van der Waals surface area contributed by atoms with Crippen molar-refractivity contribution in [2.45, 2.75) is 43.2 Å². The zero-order valence-electron chi connectivity index (χ0n) is 24.7. The number of nitrogens with zero attached hydrogens (tertiary/aromatic N) is 3. The number of aromatic nitrogens is 1. The number of carbonyl (C=O) groups is 1. The minimum Gasteiger partial charge on any atom is -0.497 e. The third-order valence-electron chi connectivity index (χ3n) is 8.82. The van der Waals surface area contributed by atoms with Crippen LogP contribution in [0.2, 0.25) is 0 Å². The number of piperidine rings is 1. The number of hydrogen-bond donors (Lipinski definition) is 2. The fourth-order valence-corrected chi connectivity index (χ4v) is 7.12. The second-order valence-corrected chi connectivity index (χ2v) is 12.6. The summed E-state index contributed by atoms with van der Waals surface area (Å²) < 4.78 is 52.0. The van der Waals surface area contributed by atoms with Crippen molar-refractivity contribution in [3.05, 3.63) is 65.1 Å². The number of thioether (sulfide) groups is 1. The zero-order chi connectivity index (χ0) is 31.3. The Morgan fingerprint density at radius 1 is 1.11 bits per heavy atom. The van der Waals surface area contributed by atoms with Crippen molar-refractivity contribution in [3.63, 3.8) is 0 Å². The smallest absolute Gasteiger partial charge is 0.309 e. The van der Waals surface area contributed by atoms with Gasteiger partial charge < -0.3 is 24.6 Å². The fraction of sp³-hybridized carbons (Fsp3) is 0.500. The number of carboxylic acid groups (broad SMARTS) is 1. The lowest BCUT2D eigenvalue weighted by molar-refractivity contribution is -0.153. The highest BCUT2D eigenvalue weighted by Gasteiger charge is 2.41. The Kier molecular flexibility index (Phi) is 10.7. The molecule has 238 valence electrons. The van der Waals surface area contributed by atoms with Crippen LogP contribution < -0.4 is 4.74 Å². The largest absolute Gasteiger partial charge is 0.497 e. The Bertz CT molecular complexity index is 1460. The van der Waals surface area contributed by atoms with Crippen molar-refractivity contribution < 1.29 is 37.7 Å². The molecule has 0 radical (unpaired) electrons. The van der Waals surface area contributed by atoms with Gasteiger partial charge in [0.1, 0.15) is 11.6 Å². The highest BCUT2D eigenvalue weighted by Crippen LogP contribution is 2.41. The van der Waals surface area contributed by atoms with Crippen molar-refractivity contribution in [3.8, 4) is 5.75 Å². The van der Waals surface area contributed by atoms with Gasteiger partial charge in [-0.25, -0.2) is 13.2 Å². The van der Waals surface area contributed by atoms with Gasteiger partial charge in [-0.2, -0.15) is 0 Å². The molecular weight excluding hydrogens is 595 g/mol. The fourth-order valence-electron chi connectivity index (χ4n) is 6.14. The molecule has 2 fully saturated rings. The molecule has 44 heavy (non-hydrogen) atoms. The maximum atomic E-state index is 14.0. The molecule has 2 N–H and O–H groups in total. The van der Waals surface area contributed by atoms with E-state index in [2.05, 4.69) is 14.8 Å². The molecular formula is C32H38F3N3O5S. The zero-order valence-corrected chi connectivity index (χ0v) is 25.6. The number of aliphatic hydroxyl groups excluding tert-OH is 1. The van der Waals surface area contributed by atoms with Crippen LogP contribution in [0.1, 0.15) is 42.9 Å². The van der Waals surface area contributed by atoms with E-state index in [1.165, 1.54) is 0 Å². The van der Waals surface area contributed by atoms with Gasteiger partial charge in [0.25, 0.3) is 0 Å². The van der Waals surface area contributed by atoms with E-state index in [1.54, 1.807) is 13.3 Å². The number of carboxylic acids is 1. The third-order valence-corrected chi connectivity index (χ3v) is 9.81. The van der Waals surface area contributed by atoms with Crippen LogP contribution in [-0.4, -0.2) is 89.8 Å². The number of aliphatic hydroxyl groups is 1. The van der Waals surface area contributed by atoms with E-state index in [0.29, 0.717) is 76.2 Å². The molecule has 0 bridgehead atoms. The molecule has 3 heterocycles. The summed E-state index contributed by atoms with van der Waals surface area (Å²) in [5, 5.41) is 22.8. The first-order valence-corrected chi connectivity index (χ1v) is 15.8. The van der Waals surface area contributed by atoms with Crippen molar-refractivity contribution >= 4 is 28.6 Å². The van der Waals surface area contributed by atoms with Crippen LogP contribution in [0.25, 0.3) is 10.9 Å². The molecule has 2 saturated heterocycles. The van der Waals surface area contributed by atoms with Crippen LogP contribution in [0, 0.1) is 22.9 Å². The van der Waals surface area contributed by atoms with E-state index in [1.807, 2.05) is 18.2 Å². The van der Waals surface area contributed by atoms with E-state index in [4.69, 9.17) is 9.47 Å². The van der Waals surface area contributed by atoms with Gasteiger partial charge in [0.2, 0.25) is 0 Å². The molecule has 0 spiro atoms. The van der Waals surface area contributed by atoms with Crippen LogP contribution in [0.4, 0.5) is 13.2 Å². The number of halogens is 3. The first-order chi connectivity index (χ1) is 21.2. The molecule has 12 heteroatoms. The molecule has 1 atom stereocenters. The normalized spacial score (nSPS) is 18.4. The van der Waals surface area contributed by atoms with Crippen LogP contribution in [0.3, 0.4) is 0 Å². The summed E-state index contributed by atoms with van der Waals surface area (Å²) in [5.74, 6) is -2.94. The van der Waals surface area contributed by atoms with E-state index >= 15 is 0 Å². The second-order valence-electron chi connectivity index (χ2n) is 11.5. The van der Waals surface area contributed by atoms with E-state index in [9.17, 15) is 28.2 Å². The number of aliphatic carboxylic acids is 1. The molecule has 0 amide bonds. The van der Waals surface area contributed by atoms with E-state index in [0.717, 1.165) is 52.9 Å². The number of fused-ring (bicyclic) bond motifs is 1. The predicted molar refractivity (Wildman–Crippen MR) is 161 cm³/mol. The summed E-state index contributed by atoms with van der Waals surface area (Å²) >= 11 is 1.03. The van der Waals surface area contributed by atoms with Gasteiger partial charge in [0.05, 0.1) is 37.4 Å². The summed E-state index contributed by atoms with van der Waals surface area (Å²) in [7, 11) is 1.59. The maximum Gasteiger partial charge on any atom is 0.309 e. The first-order valence-electron chi connectivity index (χ1n) is 14.9. The van der Waals surface area contributed by atoms with Crippen LogP contribution in [-0.2, 0) is 16.1 Å². The monoisotopic (exact) mass is 633 g/mol. The first kappa shape index (κ1) is 32.5. The second kappa shape index (κ2) is 14.5. The number of ether oxygens (including phenoxy) is 2. The highest BCUT2D eigenvalue weighted by atomic mass is 32.2. The number of likely N-dealkylation sites (tertiary alicyclic amines) is 1. The predicted octanol–water partition coefficient (Wildman–Crippen LogP) is 5.27. The van der Waals surface area contributed by atoms with Crippen LogP contribution in [0.15, 0.2) is 41.4 Å². The van der Waals surface area contributed by atoms with Crippen LogP contribution >= 0.6 is 11.8 Å². The van der Waals surface area contributed by atoms with Gasteiger partial charge in [-0.1, -0.05) is 0 Å². The van der Waals surface area contributed by atoms with Gasteiger partial charge in [-0.05, 0) is 74.2 Å². The minimum absolute atomic E-state index is 0.0809. The number of benzene rings is 2. The summed E-state index contributed by atoms with van der Waals surface area (Å²) in [6.45, 7) is 4.98. The van der Waals surface area contributed by atoms with Crippen molar-refractivity contribution in [2.24, 2.45) is 5.41 Å². The maximum absolute atomic E-state index is 14.0. The number of rotatable bonds is 12. The van der Waals surface area contributed by atoms with Gasteiger partial charge in [-0.15, -0.1) is 11.8 Å². The number of hydrogen-bond acceptors (Lipinski definition) is 8. The number of methoxy groups -OCH3 is 1. The molecule has 3 aromatic rings. The molecule has 8 nitrogen and oxygen atoms in total. The Morgan fingerprint density at radius 3 is 2.57 bits per heavy atom. The minimum atomic E-state index is -1.22. The van der Waals surface area contributed by atoms with Crippen LogP contribution in [0.5, 0.6) is 5.75 Å². The Balaban J connectivity index is 1.25. The average molecular weight is 634 g/mol. The van der Waals surface area contributed by atoms with Gasteiger partial charge in [0, 0.05) is 54.5 Å².